The Bertz CT molecular complexity index is 346. The van der Waals surface area contributed by atoms with E-state index < -0.39 is 0 Å². The Morgan fingerprint density at radius 1 is 0.944 bits per heavy atom. The van der Waals surface area contributed by atoms with E-state index in [0.717, 1.165) is 19.0 Å². The van der Waals surface area contributed by atoms with E-state index in [4.69, 9.17) is 0 Å². The van der Waals surface area contributed by atoms with Crippen LogP contribution < -0.4 is 4.90 Å². The summed E-state index contributed by atoms with van der Waals surface area (Å²) in [4.78, 5) is 4.89. The molecule has 0 aliphatic carbocycles. The predicted octanol–water partition coefficient (Wildman–Crippen LogP) is 3.34. The lowest BCUT2D eigenvalue weighted by molar-refractivity contribution is 0.313. The van der Waals surface area contributed by atoms with Crippen LogP contribution in [0.5, 0.6) is 0 Å². The van der Waals surface area contributed by atoms with Crippen molar-refractivity contribution in [3.63, 3.8) is 0 Å². The second kappa shape index (κ2) is 6.24. The van der Waals surface area contributed by atoms with Gasteiger partial charge in [0.05, 0.1) is 0 Å². The van der Waals surface area contributed by atoms with E-state index in [-0.39, 0.29) is 0 Å². The van der Waals surface area contributed by atoms with Crippen molar-refractivity contribution in [2.45, 2.75) is 32.6 Å². The molecule has 0 spiro atoms. The maximum Gasteiger partial charge on any atom is 0.0367 e. The molecule has 0 amide bonds. The van der Waals surface area contributed by atoms with Gasteiger partial charge in [0.25, 0.3) is 0 Å². The fraction of sp³-hybridized carbons (Fsp3) is 0.625. The molecular formula is C16H26N2. The maximum atomic E-state index is 2.50. The predicted molar refractivity (Wildman–Crippen MR) is 79.5 cm³/mol. The van der Waals surface area contributed by atoms with Crippen LogP contribution in [-0.4, -0.2) is 38.1 Å². The first kappa shape index (κ1) is 13.4. The summed E-state index contributed by atoms with van der Waals surface area (Å²) in [5.74, 6) is 0.728. The van der Waals surface area contributed by atoms with E-state index in [1.165, 1.54) is 37.2 Å². The Balaban J connectivity index is 2.03. The molecule has 0 bridgehead atoms. The second-order valence-electron chi connectivity index (χ2n) is 5.40. The summed E-state index contributed by atoms with van der Waals surface area (Å²) in [6.07, 6.45) is 2.48. The van der Waals surface area contributed by atoms with E-state index in [1.54, 1.807) is 0 Å². The standard InChI is InChI=1S/C16H26N2/c1-4-14(5-2)15-6-8-16(9-7-15)18-12-10-17(3)11-13-18/h6-9,14H,4-5,10-13H2,1-3H3. The van der Waals surface area contributed by atoms with Crippen LogP contribution in [0.25, 0.3) is 0 Å². The fourth-order valence-electron chi connectivity index (χ4n) is 2.78. The number of likely N-dealkylation sites (N-methyl/N-ethyl adjacent to an activating group) is 1. The van der Waals surface area contributed by atoms with E-state index >= 15 is 0 Å². The van der Waals surface area contributed by atoms with Crippen LogP contribution in [0.1, 0.15) is 38.2 Å². The van der Waals surface area contributed by atoms with E-state index in [9.17, 15) is 0 Å². The van der Waals surface area contributed by atoms with Gasteiger partial charge in [0.2, 0.25) is 0 Å². The lowest BCUT2D eigenvalue weighted by Crippen LogP contribution is -2.44. The third-order valence-electron chi connectivity index (χ3n) is 4.22. The molecule has 1 fully saturated rings. The molecule has 2 nitrogen and oxygen atoms in total. The summed E-state index contributed by atoms with van der Waals surface area (Å²) >= 11 is 0. The lowest BCUT2D eigenvalue weighted by atomic mass is 9.94. The van der Waals surface area contributed by atoms with Crippen molar-refractivity contribution in [1.82, 2.24) is 4.90 Å². The highest BCUT2D eigenvalue weighted by Crippen LogP contribution is 2.25. The molecule has 18 heavy (non-hydrogen) atoms. The molecule has 100 valence electrons. The number of hydrogen-bond donors (Lipinski definition) is 0. The molecule has 0 N–H and O–H groups in total. The van der Waals surface area contributed by atoms with E-state index in [0.29, 0.717) is 0 Å². The third-order valence-corrected chi connectivity index (χ3v) is 4.22. The first-order valence-corrected chi connectivity index (χ1v) is 7.28. The number of piperazine rings is 1. The van der Waals surface area contributed by atoms with Crippen molar-refractivity contribution < 1.29 is 0 Å². The molecule has 1 saturated heterocycles. The molecule has 0 aromatic heterocycles. The van der Waals surface area contributed by atoms with Crippen LogP contribution in [0.3, 0.4) is 0 Å². The zero-order valence-corrected chi connectivity index (χ0v) is 12.0. The summed E-state index contributed by atoms with van der Waals surface area (Å²) in [5, 5.41) is 0. The molecule has 1 aliphatic rings. The highest BCUT2D eigenvalue weighted by atomic mass is 15.2. The van der Waals surface area contributed by atoms with Crippen LogP contribution in [-0.2, 0) is 0 Å². The highest BCUT2D eigenvalue weighted by Gasteiger charge is 2.14. The fourth-order valence-corrected chi connectivity index (χ4v) is 2.78. The first-order chi connectivity index (χ1) is 8.74. The zero-order chi connectivity index (χ0) is 13.0. The average Bonchev–Trinajstić information content (AvgIpc) is 2.42. The van der Waals surface area contributed by atoms with Crippen LogP contribution in [0.15, 0.2) is 24.3 Å². The van der Waals surface area contributed by atoms with Gasteiger partial charge in [-0.25, -0.2) is 0 Å². The van der Waals surface area contributed by atoms with Gasteiger partial charge >= 0.3 is 0 Å². The van der Waals surface area contributed by atoms with Gasteiger partial charge in [-0.05, 0) is 43.5 Å². The molecule has 2 rings (SSSR count). The molecule has 0 radical (unpaired) electrons. The molecule has 1 heterocycles. The Kier molecular flexibility index (Phi) is 4.65. The molecule has 0 unspecified atom stereocenters. The smallest absolute Gasteiger partial charge is 0.0367 e. The molecule has 0 saturated carbocycles. The van der Waals surface area contributed by atoms with E-state index in [2.05, 4.69) is 55.0 Å². The largest absolute Gasteiger partial charge is 0.369 e. The Morgan fingerprint density at radius 3 is 2.00 bits per heavy atom. The quantitative estimate of drug-likeness (QED) is 0.804. The molecular weight excluding hydrogens is 220 g/mol. The number of anilines is 1. The highest BCUT2D eigenvalue weighted by molar-refractivity contribution is 5.48. The van der Waals surface area contributed by atoms with E-state index in [1.807, 2.05) is 0 Å². The molecule has 1 aliphatic heterocycles. The minimum atomic E-state index is 0.728. The van der Waals surface area contributed by atoms with Crippen molar-refractivity contribution in [3.05, 3.63) is 29.8 Å². The summed E-state index contributed by atoms with van der Waals surface area (Å²) in [6.45, 7) is 9.22. The van der Waals surface area contributed by atoms with Crippen molar-refractivity contribution in [3.8, 4) is 0 Å². The summed E-state index contributed by atoms with van der Waals surface area (Å²) in [5.41, 5.74) is 2.88. The minimum absolute atomic E-state index is 0.728. The van der Waals surface area contributed by atoms with Crippen LogP contribution >= 0.6 is 0 Å². The zero-order valence-electron chi connectivity index (χ0n) is 12.0. The van der Waals surface area contributed by atoms with Gasteiger partial charge in [0, 0.05) is 31.9 Å². The number of nitrogens with zero attached hydrogens (tertiary/aromatic N) is 2. The SMILES string of the molecule is CCC(CC)c1ccc(N2CCN(C)CC2)cc1. The van der Waals surface area contributed by atoms with Gasteiger partial charge in [-0.1, -0.05) is 26.0 Å². The van der Waals surface area contributed by atoms with Crippen molar-refractivity contribution in [2.24, 2.45) is 0 Å². The van der Waals surface area contributed by atoms with Gasteiger partial charge in [0.1, 0.15) is 0 Å². The molecule has 0 atom stereocenters. The van der Waals surface area contributed by atoms with Crippen LogP contribution in [0.4, 0.5) is 5.69 Å². The Morgan fingerprint density at radius 2 is 1.50 bits per heavy atom. The normalized spacial score (nSPS) is 17.4. The van der Waals surface area contributed by atoms with Gasteiger partial charge in [-0.3, -0.25) is 0 Å². The van der Waals surface area contributed by atoms with Crippen molar-refractivity contribution in [2.75, 3.05) is 38.1 Å². The summed E-state index contributed by atoms with van der Waals surface area (Å²) in [7, 11) is 2.20. The Hall–Kier alpha value is -1.02. The number of hydrogen-bond acceptors (Lipinski definition) is 2. The van der Waals surface area contributed by atoms with Crippen LogP contribution in [0.2, 0.25) is 0 Å². The lowest BCUT2D eigenvalue weighted by Gasteiger charge is -2.34. The van der Waals surface area contributed by atoms with Gasteiger partial charge in [-0.15, -0.1) is 0 Å². The number of benzene rings is 1. The topological polar surface area (TPSA) is 6.48 Å². The molecule has 1 aromatic carbocycles. The van der Waals surface area contributed by atoms with Crippen LogP contribution in [0, 0.1) is 0 Å². The first-order valence-electron chi connectivity index (χ1n) is 7.28. The van der Waals surface area contributed by atoms with Crippen molar-refractivity contribution >= 4 is 5.69 Å². The third kappa shape index (κ3) is 3.05. The minimum Gasteiger partial charge on any atom is -0.369 e. The number of rotatable bonds is 4. The Labute approximate surface area is 112 Å². The molecule has 2 heteroatoms. The molecule has 1 aromatic rings. The van der Waals surface area contributed by atoms with Gasteiger partial charge < -0.3 is 9.80 Å². The monoisotopic (exact) mass is 246 g/mol. The maximum absolute atomic E-state index is 2.50. The van der Waals surface area contributed by atoms with Gasteiger partial charge in [-0.2, -0.15) is 0 Å². The summed E-state index contributed by atoms with van der Waals surface area (Å²) in [6, 6.07) is 9.26. The average molecular weight is 246 g/mol. The van der Waals surface area contributed by atoms with Gasteiger partial charge in [0.15, 0.2) is 0 Å². The summed E-state index contributed by atoms with van der Waals surface area (Å²) < 4.78 is 0. The van der Waals surface area contributed by atoms with Crippen molar-refractivity contribution in [1.29, 1.82) is 0 Å². The second-order valence-corrected chi connectivity index (χ2v) is 5.40.